The van der Waals surface area contributed by atoms with Crippen molar-refractivity contribution in [2.45, 2.75) is 39.2 Å². The van der Waals surface area contributed by atoms with Crippen molar-refractivity contribution in [3.8, 4) is 5.75 Å². The Kier molecular flexibility index (Phi) is 9.89. The Morgan fingerprint density at radius 2 is 2.06 bits per heavy atom. The number of nitrogens with zero attached hydrogens (tertiary/aromatic N) is 5. The van der Waals surface area contributed by atoms with Gasteiger partial charge in [-0.05, 0) is 53.8 Å². The average Bonchev–Trinajstić information content (AvgIpc) is 2.97. The number of carbonyl (C=O) groups is 2. The number of aryl methyl sites for hydroxylation is 1. The molecule has 0 saturated heterocycles. The molecule has 2 heterocycles. The molecule has 1 amide bonds. The van der Waals surface area contributed by atoms with E-state index in [9.17, 15) is 14.7 Å². The number of aliphatic carboxylic acids is 1. The Morgan fingerprint density at radius 1 is 1.23 bits per heavy atom. The lowest BCUT2D eigenvalue weighted by atomic mass is 9.94. The molecule has 35 heavy (non-hydrogen) atoms. The second-order valence-corrected chi connectivity index (χ2v) is 8.33. The Labute approximate surface area is 204 Å². The van der Waals surface area contributed by atoms with Crippen LogP contribution in [0.2, 0.25) is 0 Å². The Bertz CT molecular complexity index is 1070. The van der Waals surface area contributed by atoms with E-state index in [2.05, 4.69) is 21.9 Å². The predicted octanol–water partition coefficient (Wildman–Crippen LogP) is 3.57. The number of carboxylic acids is 1. The lowest BCUT2D eigenvalue weighted by Gasteiger charge is -2.24. The molecule has 0 saturated carbocycles. The second kappa shape index (κ2) is 13.3. The van der Waals surface area contributed by atoms with Gasteiger partial charge in [-0.25, -0.2) is 0 Å². The van der Waals surface area contributed by atoms with Gasteiger partial charge in [0.1, 0.15) is 5.75 Å². The minimum Gasteiger partial charge on any atom is -0.493 e. The van der Waals surface area contributed by atoms with Crippen molar-refractivity contribution >= 4 is 11.9 Å². The molecule has 2 aromatic rings. The molecule has 0 aliphatic carbocycles. The van der Waals surface area contributed by atoms with Gasteiger partial charge >= 0.3 is 5.97 Å². The number of rotatable bonds is 13. The van der Waals surface area contributed by atoms with E-state index >= 15 is 0 Å². The van der Waals surface area contributed by atoms with Crippen LogP contribution in [0.15, 0.2) is 41.5 Å². The standard InChI is InChI=1S/C25H31N5O5/c1-2-21-4-3-5-22(28-21)8-11-35-23-7-6-18-14-19(16-24(31)32)25(33)30(17-20(18)15-23)10-13-34-12-9-27-29-26/h3-7,15,19H,2,8-14,16-17H2,1H3,(H,31,32)/t19-/m0/s1. The fourth-order valence-electron chi connectivity index (χ4n) is 4.06. The molecule has 10 nitrogen and oxygen atoms in total. The zero-order chi connectivity index (χ0) is 25.0. The predicted molar refractivity (Wildman–Crippen MR) is 129 cm³/mol. The number of azide groups is 1. The molecule has 10 heteroatoms. The van der Waals surface area contributed by atoms with Crippen LogP contribution in [0.5, 0.6) is 5.75 Å². The fourth-order valence-corrected chi connectivity index (χ4v) is 4.06. The van der Waals surface area contributed by atoms with Crippen molar-refractivity contribution in [3.63, 3.8) is 0 Å². The molecule has 0 spiro atoms. The molecule has 1 aromatic carbocycles. The minimum absolute atomic E-state index is 0.202. The van der Waals surface area contributed by atoms with Crippen molar-refractivity contribution in [2.24, 2.45) is 11.0 Å². The summed E-state index contributed by atoms with van der Waals surface area (Å²) >= 11 is 0. The monoisotopic (exact) mass is 481 g/mol. The highest BCUT2D eigenvalue weighted by Gasteiger charge is 2.31. The maximum Gasteiger partial charge on any atom is 0.304 e. The van der Waals surface area contributed by atoms with Crippen molar-refractivity contribution in [3.05, 3.63) is 69.4 Å². The van der Waals surface area contributed by atoms with Gasteiger partial charge in [-0.2, -0.15) is 0 Å². The van der Waals surface area contributed by atoms with Gasteiger partial charge in [0.05, 0.1) is 32.2 Å². The summed E-state index contributed by atoms with van der Waals surface area (Å²) < 4.78 is 11.4. The number of aromatic nitrogens is 1. The van der Waals surface area contributed by atoms with Gasteiger partial charge < -0.3 is 19.5 Å². The number of fused-ring (bicyclic) bond motifs is 1. The highest BCUT2D eigenvalue weighted by Crippen LogP contribution is 2.28. The zero-order valence-corrected chi connectivity index (χ0v) is 19.9. The van der Waals surface area contributed by atoms with Gasteiger partial charge in [0.25, 0.3) is 0 Å². The quantitative estimate of drug-likeness (QED) is 0.201. The summed E-state index contributed by atoms with van der Waals surface area (Å²) in [5.74, 6) is -1.14. The zero-order valence-electron chi connectivity index (χ0n) is 19.9. The van der Waals surface area contributed by atoms with Crippen molar-refractivity contribution < 1.29 is 24.2 Å². The topological polar surface area (TPSA) is 138 Å². The van der Waals surface area contributed by atoms with E-state index in [1.54, 1.807) is 4.90 Å². The van der Waals surface area contributed by atoms with E-state index in [-0.39, 0.29) is 32.1 Å². The summed E-state index contributed by atoms with van der Waals surface area (Å²) in [6.07, 6.45) is 1.71. The number of carbonyl (C=O) groups excluding carboxylic acids is 1. The van der Waals surface area contributed by atoms with Gasteiger partial charge in [0.15, 0.2) is 0 Å². The number of hydrogen-bond acceptors (Lipinski definition) is 6. The first-order valence-electron chi connectivity index (χ1n) is 11.8. The fraction of sp³-hybridized carbons (Fsp3) is 0.480. The molecule has 186 valence electrons. The molecule has 0 unspecified atom stereocenters. The molecule has 1 N–H and O–H groups in total. The number of ether oxygens (including phenoxy) is 2. The highest BCUT2D eigenvalue weighted by atomic mass is 16.5. The van der Waals surface area contributed by atoms with E-state index < -0.39 is 11.9 Å². The summed E-state index contributed by atoms with van der Waals surface area (Å²) in [6, 6.07) is 11.7. The highest BCUT2D eigenvalue weighted by molar-refractivity contribution is 5.84. The summed E-state index contributed by atoms with van der Waals surface area (Å²) in [7, 11) is 0. The van der Waals surface area contributed by atoms with E-state index in [0.717, 1.165) is 28.9 Å². The molecule has 1 aliphatic rings. The normalized spacial score (nSPS) is 15.2. The van der Waals surface area contributed by atoms with Crippen LogP contribution in [-0.2, 0) is 40.1 Å². The van der Waals surface area contributed by atoms with E-state index in [0.29, 0.717) is 38.3 Å². The molecule has 0 radical (unpaired) electrons. The van der Waals surface area contributed by atoms with Gasteiger partial charge in [0, 0.05) is 42.4 Å². The first-order chi connectivity index (χ1) is 17.0. The summed E-state index contributed by atoms with van der Waals surface area (Å²) in [5.41, 5.74) is 12.2. The largest absolute Gasteiger partial charge is 0.493 e. The molecule has 1 aromatic heterocycles. The third-order valence-corrected chi connectivity index (χ3v) is 5.85. The van der Waals surface area contributed by atoms with Gasteiger partial charge in [-0.15, -0.1) is 0 Å². The van der Waals surface area contributed by atoms with Gasteiger partial charge in [0.2, 0.25) is 5.91 Å². The van der Waals surface area contributed by atoms with Crippen LogP contribution in [0.1, 0.15) is 35.9 Å². The molecule has 1 atom stereocenters. The lowest BCUT2D eigenvalue weighted by Crippen LogP contribution is -2.37. The lowest BCUT2D eigenvalue weighted by molar-refractivity contribution is -0.145. The Hall–Kier alpha value is -3.62. The summed E-state index contributed by atoms with van der Waals surface area (Å²) in [5, 5.41) is 12.7. The third kappa shape index (κ3) is 7.98. The summed E-state index contributed by atoms with van der Waals surface area (Å²) in [6.45, 7) is 3.95. The Balaban J connectivity index is 1.66. The third-order valence-electron chi connectivity index (χ3n) is 5.85. The molecule has 0 bridgehead atoms. The number of hydrogen-bond donors (Lipinski definition) is 1. The molecular formula is C25H31N5O5. The van der Waals surface area contributed by atoms with Crippen LogP contribution in [0.4, 0.5) is 0 Å². The van der Waals surface area contributed by atoms with E-state index in [1.165, 1.54) is 0 Å². The number of pyridine rings is 1. The number of carboxylic acid groups (broad SMARTS) is 1. The van der Waals surface area contributed by atoms with Crippen molar-refractivity contribution in [2.75, 3.05) is 32.9 Å². The minimum atomic E-state index is -1.00. The van der Waals surface area contributed by atoms with Gasteiger partial charge in [-0.1, -0.05) is 24.2 Å². The maximum atomic E-state index is 13.1. The van der Waals surface area contributed by atoms with Crippen molar-refractivity contribution in [1.82, 2.24) is 9.88 Å². The van der Waals surface area contributed by atoms with Gasteiger partial charge in [-0.3, -0.25) is 14.6 Å². The average molecular weight is 482 g/mol. The summed E-state index contributed by atoms with van der Waals surface area (Å²) in [4.78, 5) is 33.4. The molecule has 0 fully saturated rings. The van der Waals surface area contributed by atoms with Crippen LogP contribution < -0.4 is 4.74 Å². The molecular weight excluding hydrogens is 450 g/mol. The van der Waals surface area contributed by atoms with Crippen LogP contribution in [-0.4, -0.2) is 59.8 Å². The van der Waals surface area contributed by atoms with Crippen LogP contribution >= 0.6 is 0 Å². The first-order valence-corrected chi connectivity index (χ1v) is 11.8. The van der Waals surface area contributed by atoms with Crippen molar-refractivity contribution in [1.29, 1.82) is 0 Å². The molecule has 3 rings (SSSR count). The maximum absolute atomic E-state index is 13.1. The second-order valence-electron chi connectivity index (χ2n) is 8.33. The number of benzene rings is 1. The SMILES string of the molecule is CCc1cccc(CCOc2ccc3c(c2)CN(CCOCCN=[N+]=[N-])C(=O)[C@H](CC(=O)O)C3)n1. The van der Waals surface area contributed by atoms with E-state index in [4.69, 9.17) is 15.0 Å². The molecule has 1 aliphatic heterocycles. The Morgan fingerprint density at radius 3 is 2.83 bits per heavy atom. The first kappa shape index (κ1) is 26.0. The van der Waals surface area contributed by atoms with Crippen LogP contribution in [0.25, 0.3) is 10.4 Å². The van der Waals surface area contributed by atoms with Crippen LogP contribution in [0.3, 0.4) is 0 Å². The number of amides is 1. The van der Waals surface area contributed by atoms with E-state index in [1.807, 2.05) is 36.4 Å². The van der Waals surface area contributed by atoms with Crippen LogP contribution in [0, 0.1) is 5.92 Å². The smallest absolute Gasteiger partial charge is 0.304 e.